The summed E-state index contributed by atoms with van der Waals surface area (Å²) in [6.45, 7) is 0.968. The van der Waals surface area contributed by atoms with Crippen LogP contribution in [0.5, 0.6) is 11.5 Å². The lowest BCUT2D eigenvalue weighted by molar-refractivity contribution is 0.209. The van der Waals surface area contributed by atoms with E-state index in [-0.39, 0.29) is 6.04 Å². The van der Waals surface area contributed by atoms with Crippen LogP contribution in [0.3, 0.4) is 0 Å². The van der Waals surface area contributed by atoms with Crippen molar-refractivity contribution in [3.05, 3.63) is 59.3 Å². The van der Waals surface area contributed by atoms with Crippen molar-refractivity contribution in [3.8, 4) is 11.5 Å². The molecule has 3 aromatic rings. The molecular formula is C23H26N2O2. The van der Waals surface area contributed by atoms with E-state index in [1.54, 1.807) is 7.11 Å². The summed E-state index contributed by atoms with van der Waals surface area (Å²) in [5, 5.41) is 4.96. The number of H-pyrrole nitrogens is 1. The minimum absolute atomic E-state index is 0.166. The molecule has 5 rings (SSSR count). The number of benzene rings is 2. The molecule has 1 aromatic heterocycles. The first-order chi connectivity index (χ1) is 13.3. The predicted molar refractivity (Wildman–Crippen MR) is 108 cm³/mol. The van der Waals surface area contributed by atoms with Gasteiger partial charge in [0.05, 0.1) is 19.3 Å². The molecule has 27 heavy (non-hydrogen) atoms. The SMILES string of the molecule is COc1ccc2[nH]c3c(c2c1)CCNC3c1cccc(OC2CCCC2)c1. The van der Waals surface area contributed by atoms with Crippen molar-refractivity contribution < 1.29 is 9.47 Å². The first kappa shape index (κ1) is 16.7. The maximum atomic E-state index is 6.23. The van der Waals surface area contributed by atoms with Gasteiger partial charge in [-0.3, -0.25) is 0 Å². The Bertz CT molecular complexity index is 956. The molecule has 0 saturated heterocycles. The Kier molecular flexibility index (Phi) is 4.29. The van der Waals surface area contributed by atoms with Crippen molar-refractivity contribution in [3.63, 3.8) is 0 Å². The second-order valence-corrected chi connectivity index (χ2v) is 7.66. The molecular weight excluding hydrogens is 336 g/mol. The van der Waals surface area contributed by atoms with Crippen LogP contribution in [0, 0.1) is 0 Å². The maximum Gasteiger partial charge on any atom is 0.120 e. The van der Waals surface area contributed by atoms with Crippen LogP contribution < -0.4 is 14.8 Å². The summed E-state index contributed by atoms with van der Waals surface area (Å²) in [6, 6.07) is 15.0. The molecule has 1 fully saturated rings. The van der Waals surface area contributed by atoms with Gasteiger partial charge in [-0.05, 0) is 73.6 Å². The van der Waals surface area contributed by atoms with E-state index in [1.807, 2.05) is 6.07 Å². The molecule has 0 amide bonds. The normalized spacial score (nSPS) is 20.0. The summed E-state index contributed by atoms with van der Waals surface area (Å²) in [5.41, 5.74) is 5.09. The van der Waals surface area contributed by atoms with Crippen molar-refractivity contribution >= 4 is 10.9 Å². The molecule has 140 valence electrons. The molecule has 1 aliphatic carbocycles. The number of aromatic nitrogens is 1. The molecule has 2 aliphatic rings. The number of methoxy groups -OCH3 is 1. The highest BCUT2D eigenvalue weighted by Crippen LogP contribution is 2.36. The molecule has 0 spiro atoms. The fourth-order valence-corrected chi connectivity index (χ4v) is 4.58. The first-order valence-electron chi connectivity index (χ1n) is 10.0. The van der Waals surface area contributed by atoms with Gasteiger partial charge in [0, 0.05) is 23.1 Å². The zero-order valence-electron chi connectivity index (χ0n) is 15.8. The van der Waals surface area contributed by atoms with Gasteiger partial charge < -0.3 is 19.8 Å². The van der Waals surface area contributed by atoms with Crippen LogP contribution in [-0.4, -0.2) is 24.7 Å². The molecule has 0 bridgehead atoms. The third-order valence-electron chi connectivity index (χ3n) is 5.95. The monoisotopic (exact) mass is 362 g/mol. The van der Waals surface area contributed by atoms with E-state index >= 15 is 0 Å². The Balaban J connectivity index is 1.50. The van der Waals surface area contributed by atoms with Gasteiger partial charge in [-0.15, -0.1) is 0 Å². The number of hydrogen-bond acceptors (Lipinski definition) is 3. The second kappa shape index (κ2) is 6.93. The minimum Gasteiger partial charge on any atom is -0.497 e. The lowest BCUT2D eigenvalue weighted by Gasteiger charge is -2.25. The van der Waals surface area contributed by atoms with Gasteiger partial charge >= 0.3 is 0 Å². The number of rotatable bonds is 4. The average molecular weight is 362 g/mol. The summed E-state index contributed by atoms with van der Waals surface area (Å²) < 4.78 is 11.7. The highest BCUT2D eigenvalue weighted by Gasteiger charge is 2.26. The third-order valence-corrected chi connectivity index (χ3v) is 5.95. The quantitative estimate of drug-likeness (QED) is 0.705. The molecule has 2 heterocycles. The van der Waals surface area contributed by atoms with Crippen LogP contribution in [0.25, 0.3) is 10.9 Å². The van der Waals surface area contributed by atoms with Crippen LogP contribution in [0.2, 0.25) is 0 Å². The topological polar surface area (TPSA) is 46.3 Å². The molecule has 1 saturated carbocycles. The summed E-state index contributed by atoms with van der Waals surface area (Å²) in [5.74, 6) is 1.90. The standard InChI is InChI=1S/C23H26N2O2/c1-26-17-9-10-21-20(14-17)19-11-12-24-22(23(19)25-21)15-5-4-8-18(13-15)27-16-6-2-3-7-16/h4-5,8-10,13-14,16,22,24-25H,2-3,6-7,11-12H2,1H3. The van der Waals surface area contributed by atoms with Crippen LogP contribution in [0.4, 0.5) is 0 Å². The van der Waals surface area contributed by atoms with Crippen LogP contribution in [0.1, 0.15) is 48.5 Å². The lowest BCUT2D eigenvalue weighted by Crippen LogP contribution is -2.30. The minimum atomic E-state index is 0.166. The van der Waals surface area contributed by atoms with Gasteiger partial charge in [-0.25, -0.2) is 0 Å². The van der Waals surface area contributed by atoms with Crippen molar-refractivity contribution in [1.82, 2.24) is 10.3 Å². The fourth-order valence-electron chi connectivity index (χ4n) is 4.58. The van der Waals surface area contributed by atoms with E-state index in [0.29, 0.717) is 6.10 Å². The number of aromatic amines is 1. The van der Waals surface area contributed by atoms with Gasteiger partial charge in [0.15, 0.2) is 0 Å². The molecule has 1 aliphatic heterocycles. The number of nitrogens with one attached hydrogen (secondary N) is 2. The highest BCUT2D eigenvalue weighted by molar-refractivity contribution is 5.86. The smallest absolute Gasteiger partial charge is 0.120 e. The summed E-state index contributed by atoms with van der Waals surface area (Å²) in [4.78, 5) is 3.65. The Morgan fingerprint density at radius 2 is 1.89 bits per heavy atom. The van der Waals surface area contributed by atoms with E-state index < -0.39 is 0 Å². The van der Waals surface area contributed by atoms with E-state index in [9.17, 15) is 0 Å². The summed E-state index contributed by atoms with van der Waals surface area (Å²) >= 11 is 0. The average Bonchev–Trinajstić information content (AvgIpc) is 3.35. The predicted octanol–water partition coefficient (Wildman–Crippen LogP) is 4.73. The summed E-state index contributed by atoms with van der Waals surface area (Å²) in [7, 11) is 1.72. The third kappa shape index (κ3) is 3.08. The van der Waals surface area contributed by atoms with Crippen LogP contribution in [0.15, 0.2) is 42.5 Å². The fraction of sp³-hybridized carbons (Fsp3) is 0.391. The van der Waals surface area contributed by atoms with Gasteiger partial charge in [0.2, 0.25) is 0 Å². The largest absolute Gasteiger partial charge is 0.497 e. The molecule has 2 aromatic carbocycles. The van der Waals surface area contributed by atoms with Crippen molar-refractivity contribution in [2.24, 2.45) is 0 Å². The second-order valence-electron chi connectivity index (χ2n) is 7.66. The molecule has 4 heteroatoms. The van der Waals surface area contributed by atoms with Gasteiger partial charge in [-0.1, -0.05) is 12.1 Å². The molecule has 4 nitrogen and oxygen atoms in total. The Hall–Kier alpha value is -2.46. The van der Waals surface area contributed by atoms with Crippen molar-refractivity contribution in [2.45, 2.75) is 44.2 Å². The zero-order chi connectivity index (χ0) is 18.2. The van der Waals surface area contributed by atoms with Crippen molar-refractivity contribution in [2.75, 3.05) is 13.7 Å². The Morgan fingerprint density at radius 1 is 1.00 bits per heavy atom. The van der Waals surface area contributed by atoms with Gasteiger partial charge in [-0.2, -0.15) is 0 Å². The van der Waals surface area contributed by atoms with Gasteiger partial charge in [0.25, 0.3) is 0 Å². The van der Waals surface area contributed by atoms with Gasteiger partial charge in [0.1, 0.15) is 11.5 Å². The van der Waals surface area contributed by atoms with E-state index in [4.69, 9.17) is 9.47 Å². The Labute approximate surface area is 159 Å². The molecule has 1 atom stereocenters. The number of fused-ring (bicyclic) bond motifs is 3. The maximum absolute atomic E-state index is 6.23. The van der Waals surface area contributed by atoms with Crippen LogP contribution >= 0.6 is 0 Å². The van der Waals surface area contributed by atoms with Crippen molar-refractivity contribution in [1.29, 1.82) is 0 Å². The lowest BCUT2D eigenvalue weighted by atomic mass is 9.94. The summed E-state index contributed by atoms with van der Waals surface area (Å²) in [6.07, 6.45) is 6.35. The molecule has 0 radical (unpaired) electrons. The molecule has 2 N–H and O–H groups in total. The number of hydrogen-bond donors (Lipinski definition) is 2. The number of ether oxygens (including phenoxy) is 2. The first-order valence-corrected chi connectivity index (χ1v) is 10.0. The van der Waals surface area contributed by atoms with E-state index in [2.05, 4.69) is 46.7 Å². The van der Waals surface area contributed by atoms with Crippen LogP contribution in [-0.2, 0) is 6.42 Å². The highest BCUT2D eigenvalue weighted by atomic mass is 16.5. The molecule has 1 unspecified atom stereocenters. The van der Waals surface area contributed by atoms with E-state index in [0.717, 1.165) is 24.5 Å². The van der Waals surface area contributed by atoms with E-state index in [1.165, 1.54) is 53.4 Å². The Morgan fingerprint density at radius 3 is 2.74 bits per heavy atom. The zero-order valence-corrected chi connectivity index (χ0v) is 15.8.